The van der Waals surface area contributed by atoms with Gasteiger partial charge in [0.1, 0.15) is 17.5 Å². The third kappa shape index (κ3) is 6.47. The highest BCUT2D eigenvalue weighted by Crippen LogP contribution is 2.34. The lowest BCUT2D eigenvalue weighted by atomic mass is 10.0. The molecule has 4 aliphatic rings. The van der Waals surface area contributed by atoms with E-state index in [1.807, 2.05) is 27.9 Å². The molecule has 1 aromatic carbocycles. The van der Waals surface area contributed by atoms with Crippen molar-refractivity contribution in [1.82, 2.24) is 49.0 Å². The highest BCUT2D eigenvalue weighted by molar-refractivity contribution is 7.90. The number of carbonyl (C=O) groups is 1. The summed E-state index contributed by atoms with van der Waals surface area (Å²) < 4.78 is 43.6. The van der Waals surface area contributed by atoms with Crippen LogP contribution in [0.2, 0.25) is 0 Å². The minimum absolute atomic E-state index is 0.0961. The van der Waals surface area contributed by atoms with E-state index in [4.69, 9.17) is 10.1 Å². The van der Waals surface area contributed by atoms with Crippen molar-refractivity contribution >= 4 is 44.3 Å². The summed E-state index contributed by atoms with van der Waals surface area (Å²) in [5, 5.41) is 16.3. The Morgan fingerprint density at radius 1 is 1.04 bits per heavy atom. The molecule has 282 valence electrons. The number of hydrogen-bond donors (Lipinski definition) is 2. The first-order valence-corrected chi connectivity index (χ1v) is 20.2. The van der Waals surface area contributed by atoms with Crippen molar-refractivity contribution in [1.29, 1.82) is 0 Å². The van der Waals surface area contributed by atoms with E-state index in [1.165, 1.54) is 12.4 Å². The Balaban J connectivity index is 0.876. The van der Waals surface area contributed by atoms with Gasteiger partial charge in [0.05, 0.1) is 39.7 Å². The van der Waals surface area contributed by atoms with Crippen LogP contribution in [0.4, 0.5) is 21.8 Å². The zero-order valence-electron chi connectivity index (χ0n) is 30.3. The van der Waals surface area contributed by atoms with Gasteiger partial charge in [0.15, 0.2) is 11.6 Å². The smallest absolute Gasteiger partial charge is 0.257 e. The van der Waals surface area contributed by atoms with Gasteiger partial charge in [-0.1, -0.05) is 6.07 Å². The molecule has 15 nitrogen and oxygen atoms in total. The van der Waals surface area contributed by atoms with Crippen LogP contribution in [-0.4, -0.2) is 109 Å². The predicted octanol–water partition coefficient (Wildman–Crippen LogP) is 3.92. The second kappa shape index (κ2) is 13.7. The molecular weight excluding hydrogens is 712 g/mol. The largest absolute Gasteiger partial charge is 0.352 e. The quantitative estimate of drug-likeness (QED) is 0.212. The fourth-order valence-corrected chi connectivity index (χ4v) is 9.32. The summed E-state index contributed by atoms with van der Waals surface area (Å²) in [5.74, 6) is 1.71. The van der Waals surface area contributed by atoms with E-state index in [0.717, 1.165) is 84.0 Å². The highest BCUT2D eigenvalue weighted by atomic mass is 32.2. The number of hydrogen-bond acceptors (Lipinski definition) is 12. The summed E-state index contributed by atoms with van der Waals surface area (Å²) in [6.45, 7) is 10.1. The van der Waals surface area contributed by atoms with Crippen LogP contribution in [0.1, 0.15) is 67.1 Å². The summed E-state index contributed by atoms with van der Waals surface area (Å²) in [6, 6.07) is 7.46. The van der Waals surface area contributed by atoms with Gasteiger partial charge in [-0.3, -0.25) is 14.4 Å². The molecule has 4 aromatic heterocycles. The number of benzene rings is 1. The van der Waals surface area contributed by atoms with Gasteiger partial charge in [0.25, 0.3) is 15.9 Å². The molecule has 5 aromatic rings. The van der Waals surface area contributed by atoms with Crippen molar-refractivity contribution in [2.75, 3.05) is 49.5 Å². The second-order valence-corrected chi connectivity index (χ2v) is 17.1. The Kier molecular flexibility index (Phi) is 8.81. The number of piperazine rings is 1. The Bertz CT molecular complexity index is 2340. The van der Waals surface area contributed by atoms with Crippen LogP contribution in [0.3, 0.4) is 0 Å². The number of fused-ring (bicyclic) bond motifs is 2. The molecule has 2 saturated heterocycles. The minimum atomic E-state index is -3.49. The van der Waals surface area contributed by atoms with Crippen LogP contribution in [-0.2, 0) is 23.1 Å². The van der Waals surface area contributed by atoms with Crippen LogP contribution >= 0.6 is 0 Å². The fourth-order valence-electron chi connectivity index (χ4n) is 7.84. The molecule has 1 aliphatic carbocycles. The standard InChI is InChI=1S/C37H43FN12O3S/c1-23(2)50-31-16-33(43-32-7-9-40-35(44-32)26-17-42-49(22-26)54(52,53)28-5-6-28)41-19-29(31)36(45-50)47-12-10-46(11-13-47)20-24-14-25-21-48(27-4-3-8-39-18-27)37(51)34(25)30(38)15-24/h7,9,14-17,19,22-23,27-28,39H,3-6,8,10-13,18,20-21H2,1-2H3,(H,40,41,43,44). The maximum Gasteiger partial charge on any atom is 0.257 e. The van der Waals surface area contributed by atoms with Crippen molar-refractivity contribution in [3.05, 3.63) is 71.6 Å². The third-order valence-electron chi connectivity index (χ3n) is 10.8. The molecule has 2 N–H and O–H groups in total. The molecule has 0 radical (unpaired) electrons. The molecule has 9 rings (SSSR count). The Morgan fingerprint density at radius 2 is 1.87 bits per heavy atom. The summed E-state index contributed by atoms with van der Waals surface area (Å²) in [5.41, 5.74) is 3.36. The molecule has 3 aliphatic heterocycles. The molecule has 1 unspecified atom stereocenters. The normalized spacial score (nSPS) is 19.6. The van der Waals surface area contributed by atoms with Crippen molar-refractivity contribution in [2.45, 2.75) is 70.0 Å². The Morgan fingerprint density at radius 3 is 2.63 bits per heavy atom. The average molecular weight is 755 g/mol. The van der Waals surface area contributed by atoms with E-state index < -0.39 is 15.8 Å². The summed E-state index contributed by atoms with van der Waals surface area (Å²) in [6.07, 6.45) is 9.64. The van der Waals surface area contributed by atoms with Gasteiger partial charge in [-0.2, -0.15) is 14.3 Å². The van der Waals surface area contributed by atoms with E-state index in [0.29, 0.717) is 49.0 Å². The lowest BCUT2D eigenvalue weighted by molar-refractivity contribution is 0.0671. The second-order valence-electron chi connectivity index (χ2n) is 15.0. The number of anilines is 3. The number of piperidine rings is 1. The van der Waals surface area contributed by atoms with Crippen molar-refractivity contribution < 1.29 is 17.6 Å². The summed E-state index contributed by atoms with van der Waals surface area (Å²) in [7, 11) is -3.49. The number of rotatable bonds is 10. The summed E-state index contributed by atoms with van der Waals surface area (Å²) in [4.78, 5) is 33.3. The zero-order chi connectivity index (χ0) is 37.1. The van der Waals surface area contributed by atoms with Gasteiger partial charge >= 0.3 is 0 Å². The average Bonchev–Trinajstić information content (AvgIpc) is 3.65. The predicted molar refractivity (Wildman–Crippen MR) is 201 cm³/mol. The maximum absolute atomic E-state index is 15.4. The number of halogens is 1. The van der Waals surface area contributed by atoms with Crippen LogP contribution in [0, 0.1) is 5.82 Å². The Labute approximate surface area is 312 Å². The molecule has 1 atom stereocenters. The first-order valence-electron chi connectivity index (χ1n) is 18.7. The molecule has 0 bridgehead atoms. The third-order valence-corrected chi connectivity index (χ3v) is 12.9. The molecule has 1 saturated carbocycles. The van der Waals surface area contributed by atoms with E-state index >= 15 is 4.39 Å². The first-order chi connectivity index (χ1) is 26.1. The summed E-state index contributed by atoms with van der Waals surface area (Å²) >= 11 is 0. The lowest BCUT2D eigenvalue weighted by Gasteiger charge is -2.35. The van der Waals surface area contributed by atoms with Gasteiger partial charge in [-0.25, -0.2) is 27.8 Å². The Hall–Kier alpha value is -5.00. The highest BCUT2D eigenvalue weighted by Gasteiger charge is 2.38. The van der Waals surface area contributed by atoms with Crippen LogP contribution in [0.15, 0.2) is 49.1 Å². The molecule has 17 heteroatoms. The topological polar surface area (TPSA) is 159 Å². The lowest BCUT2D eigenvalue weighted by Crippen LogP contribution is -2.46. The minimum Gasteiger partial charge on any atom is -0.352 e. The monoisotopic (exact) mass is 754 g/mol. The number of nitrogens with one attached hydrogen (secondary N) is 2. The number of nitrogens with zero attached hydrogens (tertiary/aromatic N) is 10. The molecule has 0 spiro atoms. The van der Waals surface area contributed by atoms with Gasteiger partial charge in [0, 0.05) is 76.4 Å². The van der Waals surface area contributed by atoms with E-state index in [9.17, 15) is 13.2 Å². The molecule has 3 fully saturated rings. The first kappa shape index (κ1) is 34.7. The van der Waals surface area contributed by atoms with Gasteiger partial charge < -0.3 is 20.4 Å². The van der Waals surface area contributed by atoms with Crippen molar-refractivity contribution in [3.8, 4) is 11.4 Å². The van der Waals surface area contributed by atoms with Gasteiger partial charge in [-0.15, -0.1) is 0 Å². The molecule has 54 heavy (non-hydrogen) atoms. The molecule has 7 heterocycles. The van der Waals surface area contributed by atoms with Gasteiger partial charge in [0.2, 0.25) is 0 Å². The van der Waals surface area contributed by atoms with Crippen molar-refractivity contribution in [2.24, 2.45) is 0 Å². The van der Waals surface area contributed by atoms with E-state index in [1.54, 1.807) is 18.3 Å². The number of carbonyl (C=O) groups excluding carboxylic acids is 1. The SMILES string of the molecule is CC(C)n1nc(N2CCN(Cc3cc(F)c4c(c3)CN(C3CCCNC3)C4=O)CC2)c2cnc(Nc3ccnc(-c4cnn(S(=O)(=O)C5CC5)c4)n3)cc21. The zero-order valence-corrected chi connectivity index (χ0v) is 31.1. The van der Waals surface area contributed by atoms with Crippen LogP contribution < -0.4 is 15.5 Å². The van der Waals surface area contributed by atoms with E-state index in [2.05, 4.69) is 49.3 Å². The molecule has 1 amide bonds. The number of pyridine rings is 1. The molecular formula is C37H43FN12O3S. The number of amides is 1. The van der Waals surface area contributed by atoms with Gasteiger partial charge in [-0.05, 0) is 69.3 Å². The van der Waals surface area contributed by atoms with Crippen LogP contribution in [0.5, 0.6) is 0 Å². The number of aromatic nitrogens is 7. The van der Waals surface area contributed by atoms with Crippen molar-refractivity contribution in [3.63, 3.8) is 0 Å². The fraction of sp³-hybridized carbons (Fsp3) is 0.459. The van der Waals surface area contributed by atoms with Crippen LogP contribution in [0.25, 0.3) is 22.3 Å². The maximum atomic E-state index is 15.4. The van der Waals surface area contributed by atoms with E-state index in [-0.39, 0.29) is 28.8 Å².